The van der Waals surface area contributed by atoms with Crippen molar-refractivity contribution in [2.24, 2.45) is 17.3 Å². The van der Waals surface area contributed by atoms with Crippen LogP contribution in [-0.2, 0) is 25.5 Å². The average molecular weight is 485 g/mol. The summed E-state index contributed by atoms with van der Waals surface area (Å²) in [6, 6.07) is 9.34. The Bertz CT molecular complexity index is 892. The van der Waals surface area contributed by atoms with Crippen LogP contribution in [0.2, 0.25) is 0 Å². The van der Waals surface area contributed by atoms with E-state index < -0.39 is 5.92 Å². The quantitative estimate of drug-likeness (QED) is 0.494. The minimum atomic E-state index is -0.522. The second-order valence-electron chi connectivity index (χ2n) is 10.9. The number of ether oxygens (including phenoxy) is 1. The summed E-state index contributed by atoms with van der Waals surface area (Å²) in [5, 5.41) is 12.7. The molecular formula is C28H40N2O5. The molecule has 1 saturated heterocycles. The van der Waals surface area contributed by atoms with Crippen LogP contribution in [-0.4, -0.2) is 59.6 Å². The zero-order valence-corrected chi connectivity index (χ0v) is 21.2. The van der Waals surface area contributed by atoms with Crippen LogP contribution in [0.3, 0.4) is 0 Å². The highest BCUT2D eigenvalue weighted by Crippen LogP contribution is 2.25. The van der Waals surface area contributed by atoms with Gasteiger partial charge in [-0.3, -0.25) is 14.4 Å². The Morgan fingerprint density at radius 1 is 1.11 bits per heavy atom. The van der Waals surface area contributed by atoms with Gasteiger partial charge >= 0.3 is 5.97 Å². The fourth-order valence-corrected chi connectivity index (χ4v) is 4.73. The van der Waals surface area contributed by atoms with E-state index in [1.165, 1.54) is 0 Å². The topological polar surface area (TPSA) is 95.9 Å². The molecule has 2 N–H and O–H groups in total. The highest BCUT2D eigenvalue weighted by atomic mass is 16.5. The minimum absolute atomic E-state index is 0.0528. The van der Waals surface area contributed by atoms with E-state index >= 15 is 0 Å². The van der Waals surface area contributed by atoms with Gasteiger partial charge in [0.25, 0.3) is 0 Å². The van der Waals surface area contributed by atoms with E-state index in [0.29, 0.717) is 25.8 Å². The number of nitrogens with one attached hydrogen (secondary N) is 1. The van der Waals surface area contributed by atoms with E-state index in [1.54, 1.807) is 4.90 Å². The van der Waals surface area contributed by atoms with Crippen molar-refractivity contribution in [3.05, 3.63) is 48.0 Å². The molecule has 1 aromatic carbocycles. The minimum Gasteiger partial charge on any atom is -0.463 e. The number of nitrogens with zero attached hydrogens (tertiary/aromatic N) is 1. The van der Waals surface area contributed by atoms with Crippen LogP contribution in [0, 0.1) is 17.3 Å². The van der Waals surface area contributed by atoms with Crippen molar-refractivity contribution in [3.8, 4) is 0 Å². The third kappa shape index (κ3) is 7.66. The van der Waals surface area contributed by atoms with Gasteiger partial charge in [-0.1, -0.05) is 63.3 Å². The van der Waals surface area contributed by atoms with E-state index in [0.717, 1.165) is 18.4 Å². The van der Waals surface area contributed by atoms with Crippen LogP contribution in [0.15, 0.2) is 42.5 Å². The number of likely N-dealkylation sites (tertiary alicyclic amines) is 1. The lowest BCUT2D eigenvalue weighted by atomic mass is 9.86. The molecule has 0 aliphatic carbocycles. The summed E-state index contributed by atoms with van der Waals surface area (Å²) in [5.41, 5.74) is 0.735. The van der Waals surface area contributed by atoms with Crippen LogP contribution in [0.25, 0.3) is 0 Å². The van der Waals surface area contributed by atoms with Gasteiger partial charge in [0.15, 0.2) is 0 Å². The fourth-order valence-electron chi connectivity index (χ4n) is 4.73. The molecule has 2 amide bonds. The SMILES string of the molecule is CC(C)(C)[C@H]1COC(=O)[C@H](Cc2ccccc2)CC=CC[C@H](CC(=O)N2CCC[C@H]2CO)C(=O)N1. The third-order valence-corrected chi connectivity index (χ3v) is 7.12. The Morgan fingerprint density at radius 2 is 1.80 bits per heavy atom. The van der Waals surface area contributed by atoms with Crippen LogP contribution in [0.4, 0.5) is 0 Å². The first-order valence-corrected chi connectivity index (χ1v) is 12.7. The Balaban J connectivity index is 1.78. The van der Waals surface area contributed by atoms with Crippen molar-refractivity contribution >= 4 is 17.8 Å². The van der Waals surface area contributed by atoms with Gasteiger partial charge in [0.1, 0.15) is 6.61 Å². The molecular weight excluding hydrogens is 444 g/mol. The summed E-state index contributed by atoms with van der Waals surface area (Å²) < 4.78 is 5.72. The van der Waals surface area contributed by atoms with E-state index in [-0.39, 0.29) is 60.8 Å². The van der Waals surface area contributed by atoms with Gasteiger partial charge in [0.2, 0.25) is 11.8 Å². The number of allylic oxidation sites excluding steroid dienone is 2. The summed E-state index contributed by atoms with van der Waals surface area (Å²) in [7, 11) is 0. The van der Waals surface area contributed by atoms with Crippen molar-refractivity contribution in [2.45, 2.75) is 71.4 Å². The number of hydrogen-bond donors (Lipinski definition) is 2. The smallest absolute Gasteiger partial charge is 0.309 e. The molecule has 192 valence electrons. The summed E-state index contributed by atoms with van der Waals surface area (Å²) in [6.45, 7) is 6.64. The number of amides is 2. The first-order valence-electron chi connectivity index (χ1n) is 12.7. The highest BCUT2D eigenvalue weighted by Gasteiger charge is 2.34. The van der Waals surface area contributed by atoms with Crippen molar-refractivity contribution < 1.29 is 24.2 Å². The van der Waals surface area contributed by atoms with E-state index in [1.807, 2.05) is 63.3 Å². The Morgan fingerprint density at radius 3 is 2.46 bits per heavy atom. The number of hydrogen-bond acceptors (Lipinski definition) is 5. The zero-order valence-electron chi connectivity index (χ0n) is 21.2. The molecule has 0 unspecified atom stereocenters. The molecule has 0 spiro atoms. The van der Waals surface area contributed by atoms with E-state index in [9.17, 15) is 19.5 Å². The molecule has 0 bridgehead atoms. The predicted octanol–water partition coefficient (Wildman–Crippen LogP) is 3.26. The molecule has 3 rings (SSSR count). The van der Waals surface area contributed by atoms with Gasteiger partial charge in [-0.2, -0.15) is 0 Å². The molecule has 1 fully saturated rings. The molecule has 2 heterocycles. The van der Waals surface area contributed by atoms with Crippen molar-refractivity contribution in [1.82, 2.24) is 10.2 Å². The van der Waals surface area contributed by atoms with Crippen molar-refractivity contribution in [2.75, 3.05) is 19.8 Å². The largest absolute Gasteiger partial charge is 0.463 e. The van der Waals surface area contributed by atoms with E-state index in [4.69, 9.17) is 4.74 Å². The number of cyclic esters (lactones) is 1. The van der Waals surface area contributed by atoms with Crippen molar-refractivity contribution in [1.29, 1.82) is 0 Å². The average Bonchev–Trinajstić information content (AvgIpc) is 3.30. The molecule has 4 atom stereocenters. The molecule has 0 aromatic heterocycles. The second kappa shape index (κ2) is 12.3. The second-order valence-corrected chi connectivity index (χ2v) is 10.9. The van der Waals surface area contributed by atoms with Crippen LogP contribution in [0.1, 0.15) is 58.4 Å². The summed E-state index contributed by atoms with van der Waals surface area (Å²) in [6.07, 6.45) is 7.09. The normalized spacial score (nSPS) is 26.5. The van der Waals surface area contributed by atoms with Gasteiger partial charge in [-0.25, -0.2) is 0 Å². The molecule has 2 aliphatic rings. The molecule has 2 aliphatic heterocycles. The first-order chi connectivity index (χ1) is 16.7. The summed E-state index contributed by atoms with van der Waals surface area (Å²) in [5.74, 6) is -1.41. The number of carbonyl (C=O) groups is 3. The number of rotatable bonds is 5. The lowest BCUT2D eigenvalue weighted by Gasteiger charge is -2.33. The maximum atomic E-state index is 13.3. The Kier molecular flexibility index (Phi) is 9.49. The molecule has 7 heteroatoms. The number of carbonyl (C=O) groups excluding carboxylic acids is 3. The summed E-state index contributed by atoms with van der Waals surface area (Å²) in [4.78, 5) is 41.0. The summed E-state index contributed by atoms with van der Waals surface area (Å²) >= 11 is 0. The van der Waals surface area contributed by atoms with Gasteiger partial charge in [-0.05, 0) is 43.1 Å². The maximum Gasteiger partial charge on any atom is 0.309 e. The van der Waals surface area contributed by atoms with Crippen LogP contribution >= 0.6 is 0 Å². The van der Waals surface area contributed by atoms with E-state index in [2.05, 4.69) is 5.32 Å². The lowest BCUT2D eigenvalue weighted by Crippen LogP contribution is -2.50. The first kappa shape index (κ1) is 26.9. The lowest BCUT2D eigenvalue weighted by molar-refractivity contribution is -0.151. The van der Waals surface area contributed by atoms with Crippen LogP contribution in [0.5, 0.6) is 0 Å². The van der Waals surface area contributed by atoms with Crippen molar-refractivity contribution in [3.63, 3.8) is 0 Å². The molecule has 1 aromatic rings. The molecule has 0 radical (unpaired) electrons. The number of benzene rings is 1. The molecule has 7 nitrogen and oxygen atoms in total. The maximum absolute atomic E-state index is 13.3. The number of aliphatic hydroxyl groups excluding tert-OH is 1. The number of esters is 1. The van der Waals surface area contributed by atoms with Crippen LogP contribution < -0.4 is 5.32 Å². The zero-order chi connectivity index (χ0) is 25.4. The third-order valence-electron chi connectivity index (χ3n) is 7.12. The molecule has 0 saturated carbocycles. The fraction of sp³-hybridized carbons (Fsp3) is 0.607. The number of aliphatic hydroxyl groups is 1. The standard InChI is InChI=1S/C28H40N2O5/c1-28(2,3)24-19-35-27(34)22(16-20-10-5-4-6-11-20)13-8-7-12-21(26(33)29-24)17-25(32)30-15-9-14-23(30)18-31/h4-8,10-11,21-24,31H,9,12-19H2,1-3H3,(H,29,33)/t21-,22+,23+,24-/m1/s1. The van der Waals surface area contributed by atoms with Gasteiger partial charge in [0, 0.05) is 13.0 Å². The Hall–Kier alpha value is -2.67. The highest BCUT2D eigenvalue weighted by molar-refractivity contribution is 5.86. The monoisotopic (exact) mass is 484 g/mol. The van der Waals surface area contributed by atoms with Gasteiger partial charge in [-0.15, -0.1) is 0 Å². The van der Waals surface area contributed by atoms with Gasteiger partial charge < -0.3 is 20.1 Å². The van der Waals surface area contributed by atoms with Gasteiger partial charge in [0.05, 0.1) is 30.5 Å². The molecule has 35 heavy (non-hydrogen) atoms. The Labute approximate surface area is 208 Å². The predicted molar refractivity (Wildman–Crippen MR) is 134 cm³/mol.